The zero-order valence-electron chi connectivity index (χ0n) is 18.0. The summed E-state index contributed by atoms with van der Waals surface area (Å²) in [6, 6.07) is 9.94. The number of hydrogen-bond donors (Lipinski definition) is 1. The molecule has 0 radical (unpaired) electrons. The fraction of sp³-hybridized carbons (Fsp3) is 0.435. The van der Waals surface area contributed by atoms with Crippen LogP contribution in [0.3, 0.4) is 0 Å². The smallest absolute Gasteiger partial charge is 0.410 e. The minimum Gasteiger partial charge on any atom is -0.487 e. The van der Waals surface area contributed by atoms with Crippen LogP contribution in [0.25, 0.3) is 0 Å². The fourth-order valence-electron chi connectivity index (χ4n) is 3.43. The maximum atomic E-state index is 12.6. The summed E-state index contributed by atoms with van der Waals surface area (Å²) in [6.07, 6.45) is 0.0413. The summed E-state index contributed by atoms with van der Waals surface area (Å²) in [5, 5.41) is 9.21. The van der Waals surface area contributed by atoms with E-state index in [2.05, 4.69) is 4.98 Å². The van der Waals surface area contributed by atoms with Crippen LogP contribution in [0.1, 0.15) is 42.4 Å². The minimum absolute atomic E-state index is 0.127. The highest BCUT2D eigenvalue weighted by Gasteiger charge is 2.37. The van der Waals surface area contributed by atoms with Crippen molar-refractivity contribution in [2.75, 3.05) is 20.3 Å². The standard InChI is InChI=1S/C23H28N2O6/c1-15(2)13-31-23(28)25-10-9-16-11-19(7-8-20(16)21(25)22(27)29-3)30-14-18-6-4-5-17(12-26)24-18/h4-8,11,15,21,26H,9-10,12-14H2,1-3H3. The summed E-state index contributed by atoms with van der Waals surface area (Å²) >= 11 is 0. The molecule has 0 saturated carbocycles. The molecule has 31 heavy (non-hydrogen) atoms. The monoisotopic (exact) mass is 428 g/mol. The molecule has 2 heterocycles. The number of carbonyl (C=O) groups excluding carboxylic acids is 2. The average molecular weight is 428 g/mol. The van der Waals surface area contributed by atoms with Crippen LogP contribution in [0.2, 0.25) is 0 Å². The molecule has 1 aromatic heterocycles. The third-order valence-electron chi connectivity index (χ3n) is 4.95. The second-order valence-corrected chi connectivity index (χ2v) is 7.77. The molecule has 3 rings (SSSR count). The summed E-state index contributed by atoms with van der Waals surface area (Å²) in [7, 11) is 1.30. The molecule has 1 amide bonds. The first-order valence-corrected chi connectivity index (χ1v) is 10.3. The number of amides is 1. The van der Waals surface area contributed by atoms with Crippen LogP contribution in [0.5, 0.6) is 5.75 Å². The number of carbonyl (C=O) groups is 2. The van der Waals surface area contributed by atoms with Crippen molar-refractivity contribution in [1.82, 2.24) is 9.88 Å². The number of methoxy groups -OCH3 is 1. The van der Waals surface area contributed by atoms with Gasteiger partial charge in [-0.3, -0.25) is 9.88 Å². The highest BCUT2D eigenvalue weighted by molar-refractivity contribution is 5.84. The molecule has 0 bridgehead atoms. The van der Waals surface area contributed by atoms with E-state index in [1.165, 1.54) is 12.0 Å². The van der Waals surface area contributed by atoms with Crippen molar-refractivity contribution >= 4 is 12.1 Å². The van der Waals surface area contributed by atoms with Gasteiger partial charge in [-0.25, -0.2) is 9.59 Å². The fourth-order valence-corrected chi connectivity index (χ4v) is 3.43. The summed E-state index contributed by atoms with van der Waals surface area (Å²) in [4.78, 5) is 30.8. The lowest BCUT2D eigenvalue weighted by Gasteiger charge is -2.35. The molecule has 0 aliphatic carbocycles. The van der Waals surface area contributed by atoms with Gasteiger partial charge in [0, 0.05) is 6.54 Å². The lowest BCUT2D eigenvalue weighted by Crippen LogP contribution is -2.44. The number of nitrogens with zero attached hydrogens (tertiary/aromatic N) is 2. The summed E-state index contributed by atoms with van der Waals surface area (Å²) in [6.45, 7) is 4.65. The van der Waals surface area contributed by atoms with E-state index in [0.29, 0.717) is 35.7 Å². The Hall–Kier alpha value is -3.13. The zero-order chi connectivity index (χ0) is 22.4. The topological polar surface area (TPSA) is 98.2 Å². The average Bonchev–Trinajstić information content (AvgIpc) is 2.79. The lowest BCUT2D eigenvalue weighted by molar-refractivity contribution is -0.147. The molecule has 1 N–H and O–H groups in total. The van der Waals surface area contributed by atoms with Crippen LogP contribution in [0, 0.1) is 5.92 Å². The molecule has 8 nitrogen and oxygen atoms in total. The molecular weight excluding hydrogens is 400 g/mol. The van der Waals surface area contributed by atoms with Crippen LogP contribution < -0.4 is 4.74 Å². The van der Waals surface area contributed by atoms with Crippen LogP contribution >= 0.6 is 0 Å². The molecule has 2 aromatic rings. The number of aliphatic hydroxyl groups is 1. The number of rotatable bonds is 7. The van der Waals surface area contributed by atoms with E-state index in [1.54, 1.807) is 18.2 Å². The zero-order valence-corrected chi connectivity index (χ0v) is 18.0. The number of hydrogen-bond acceptors (Lipinski definition) is 7. The van der Waals surface area contributed by atoms with E-state index >= 15 is 0 Å². The minimum atomic E-state index is -0.856. The Kier molecular flexibility index (Phi) is 7.46. The Labute approximate surface area is 181 Å². The van der Waals surface area contributed by atoms with Crippen LogP contribution in [-0.4, -0.2) is 47.3 Å². The van der Waals surface area contributed by atoms with Crippen LogP contribution in [-0.2, 0) is 33.9 Å². The van der Waals surface area contributed by atoms with Gasteiger partial charge in [-0.15, -0.1) is 0 Å². The number of aliphatic hydroxyl groups excluding tert-OH is 1. The molecule has 0 fully saturated rings. The summed E-state index contributed by atoms with van der Waals surface area (Å²) in [5.74, 6) is 0.320. The van der Waals surface area contributed by atoms with Gasteiger partial charge in [0.2, 0.25) is 0 Å². The molecular formula is C23H28N2O6. The van der Waals surface area contributed by atoms with Crippen LogP contribution in [0.4, 0.5) is 4.79 Å². The van der Waals surface area contributed by atoms with Crippen molar-refractivity contribution in [2.24, 2.45) is 5.92 Å². The van der Waals surface area contributed by atoms with Gasteiger partial charge in [-0.2, -0.15) is 0 Å². The number of aromatic nitrogens is 1. The van der Waals surface area contributed by atoms with Crippen molar-refractivity contribution in [3.63, 3.8) is 0 Å². The van der Waals surface area contributed by atoms with E-state index in [1.807, 2.05) is 32.0 Å². The first kappa shape index (κ1) is 22.6. The highest BCUT2D eigenvalue weighted by Crippen LogP contribution is 2.33. The van der Waals surface area contributed by atoms with E-state index in [9.17, 15) is 14.7 Å². The molecule has 1 unspecified atom stereocenters. The third kappa shape index (κ3) is 5.52. The number of benzene rings is 1. The van der Waals surface area contributed by atoms with Crippen molar-refractivity contribution < 1.29 is 28.9 Å². The Balaban J connectivity index is 1.77. The predicted molar refractivity (Wildman–Crippen MR) is 112 cm³/mol. The molecule has 8 heteroatoms. The molecule has 1 aliphatic heterocycles. The van der Waals surface area contributed by atoms with Gasteiger partial charge < -0.3 is 19.3 Å². The Morgan fingerprint density at radius 1 is 1.23 bits per heavy atom. The summed E-state index contributed by atoms with van der Waals surface area (Å²) in [5.41, 5.74) is 2.90. The SMILES string of the molecule is COC(=O)C1c2ccc(OCc3cccc(CO)n3)cc2CCN1C(=O)OCC(C)C. The number of pyridine rings is 1. The molecule has 166 valence electrons. The Bertz CT molecular complexity index is 930. The molecule has 0 saturated heterocycles. The second kappa shape index (κ2) is 10.3. The number of ether oxygens (including phenoxy) is 3. The van der Waals surface area contributed by atoms with E-state index in [0.717, 1.165) is 5.56 Å². The maximum absolute atomic E-state index is 12.6. The van der Waals surface area contributed by atoms with Gasteiger partial charge in [-0.1, -0.05) is 26.0 Å². The first-order valence-electron chi connectivity index (χ1n) is 10.3. The first-order chi connectivity index (χ1) is 14.9. The quantitative estimate of drug-likeness (QED) is 0.677. The largest absolute Gasteiger partial charge is 0.487 e. The van der Waals surface area contributed by atoms with Crippen molar-refractivity contribution in [3.8, 4) is 5.75 Å². The van der Waals surface area contributed by atoms with E-state index in [-0.39, 0.29) is 25.7 Å². The molecule has 1 aromatic carbocycles. The van der Waals surface area contributed by atoms with Gasteiger partial charge in [0.1, 0.15) is 12.4 Å². The van der Waals surface area contributed by atoms with E-state index in [4.69, 9.17) is 14.2 Å². The normalized spacial score (nSPS) is 15.4. The van der Waals surface area contributed by atoms with Crippen molar-refractivity contribution in [3.05, 3.63) is 58.9 Å². The van der Waals surface area contributed by atoms with Gasteiger partial charge in [0.15, 0.2) is 6.04 Å². The highest BCUT2D eigenvalue weighted by atomic mass is 16.6. The van der Waals surface area contributed by atoms with Crippen molar-refractivity contribution in [1.29, 1.82) is 0 Å². The second-order valence-electron chi connectivity index (χ2n) is 7.77. The van der Waals surface area contributed by atoms with Crippen LogP contribution in [0.15, 0.2) is 36.4 Å². The lowest BCUT2D eigenvalue weighted by atomic mass is 9.92. The molecule has 1 aliphatic rings. The third-order valence-corrected chi connectivity index (χ3v) is 4.95. The maximum Gasteiger partial charge on any atom is 0.410 e. The van der Waals surface area contributed by atoms with Gasteiger partial charge in [0.25, 0.3) is 0 Å². The van der Waals surface area contributed by atoms with Gasteiger partial charge >= 0.3 is 12.1 Å². The summed E-state index contributed by atoms with van der Waals surface area (Å²) < 4.78 is 16.2. The molecule has 1 atom stereocenters. The number of fused-ring (bicyclic) bond motifs is 1. The van der Waals surface area contributed by atoms with E-state index < -0.39 is 18.1 Å². The Morgan fingerprint density at radius 3 is 2.71 bits per heavy atom. The van der Waals surface area contributed by atoms with Gasteiger partial charge in [0.05, 0.1) is 31.7 Å². The number of esters is 1. The van der Waals surface area contributed by atoms with Gasteiger partial charge in [-0.05, 0) is 47.7 Å². The van der Waals surface area contributed by atoms with Crippen molar-refractivity contribution in [2.45, 2.75) is 39.5 Å². The Morgan fingerprint density at radius 2 is 2.00 bits per heavy atom. The predicted octanol–water partition coefficient (Wildman–Crippen LogP) is 3.02. The molecule has 0 spiro atoms.